The summed E-state index contributed by atoms with van der Waals surface area (Å²) in [4.78, 5) is 2.76. The molecule has 100 valence electrons. The molecule has 0 spiro atoms. The smallest absolute Gasteiger partial charge is 0.0519 e. The maximum absolute atomic E-state index is 4.19. The molecule has 2 heterocycles. The Morgan fingerprint density at radius 3 is 2.72 bits per heavy atom. The lowest BCUT2D eigenvalue weighted by atomic mass is 9.88. The first-order valence-corrected chi connectivity index (χ1v) is 7.58. The molecule has 1 aliphatic carbocycles. The highest BCUT2D eigenvalue weighted by atomic mass is 15.2. The van der Waals surface area contributed by atoms with Gasteiger partial charge in [0.15, 0.2) is 0 Å². The fourth-order valence-electron chi connectivity index (χ4n) is 3.79. The van der Waals surface area contributed by atoms with Crippen LogP contribution in [-0.4, -0.2) is 34.2 Å². The topological polar surface area (TPSA) is 31.9 Å². The Balaban J connectivity index is 1.66. The summed E-state index contributed by atoms with van der Waals surface area (Å²) in [5.74, 6) is 0.683. The van der Waals surface area contributed by atoms with Gasteiger partial charge in [0.05, 0.1) is 6.20 Å². The zero-order valence-corrected chi connectivity index (χ0v) is 11.5. The molecule has 1 aromatic heterocycles. The normalized spacial score (nSPS) is 27.5. The molecule has 1 saturated carbocycles. The molecular formula is C15H25N3. The number of hydrogen-bond donors (Lipinski definition) is 1. The SMILES string of the molecule is Cc1cn[nH]c1C1CCCN(C2CCCCC2)C1. The van der Waals surface area contributed by atoms with Gasteiger partial charge in [-0.05, 0) is 44.7 Å². The standard InChI is InChI=1S/C15H25N3/c1-12-10-16-17-15(12)13-6-5-9-18(11-13)14-7-3-2-4-8-14/h10,13-14H,2-9,11H2,1H3,(H,16,17). The third-order valence-electron chi connectivity index (χ3n) is 4.82. The molecule has 3 rings (SSSR count). The van der Waals surface area contributed by atoms with Gasteiger partial charge < -0.3 is 0 Å². The van der Waals surface area contributed by atoms with Crippen molar-refractivity contribution in [3.8, 4) is 0 Å². The Morgan fingerprint density at radius 1 is 1.17 bits per heavy atom. The van der Waals surface area contributed by atoms with Gasteiger partial charge in [-0.2, -0.15) is 5.10 Å². The monoisotopic (exact) mass is 247 g/mol. The number of nitrogens with one attached hydrogen (secondary N) is 1. The second-order valence-corrected chi connectivity index (χ2v) is 6.09. The summed E-state index contributed by atoms with van der Waals surface area (Å²) < 4.78 is 0. The van der Waals surface area contributed by atoms with Crippen LogP contribution in [0.5, 0.6) is 0 Å². The molecule has 1 unspecified atom stereocenters. The molecule has 0 amide bonds. The molecule has 1 aromatic rings. The van der Waals surface area contributed by atoms with Gasteiger partial charge in [0, 0.05) is 24.2 Å². The van der Waals surface area contributed by atoms with Crippen LogP contribution in [0.2, 0.25) is 0 Å². The highest BCUT2D eigenvalue weighted by Gasteiger charge is 2.28. The highest BCUT2D eigenvalue weighted by molar-refractivity contribution is 5.19. The molecule has 0 bridgehead atoms. The summed E-state index contributed by atoms with van der Waals surface area (Å²) in [5.41, 5.74) is 2.72. The summed E-state index contributed by atoms with van der Waals surface area (Å²) in [6.07, 6.45) is 11.8. The number of rotatable bonds is 2. The van der Waals surface area contributed by atoms with Crippen molar-refractivity contribution in [1.82, 2.24) is 15.1 Å². The van der Waals surface area contributed by atoms with Gasteiger partial charge in [-0.25, -0.2) is 0 Å². The van der Waals surface area contributed by atoms with E-state index in [0.29, 0.717) is 5.92 Å². The highest BCUT2D eigenvalue weighted by Crippen LogP contribution is 2.31. The fraction of sp³-hybridized carbons (Fsp3) is 0.800. The van der Waals surface area contributed by atoms with Crippen molar-refractivity contribution in [2.24, 2.45) is 0 Å². The number of nitrogens with zero attached hydrogens (tertiary/aromatic N) is 2. The molecule has 1 aliphatic heterocycles. The number of likely N-dealkylation sites (tertiary alicyclic amines) is 1. The van der Waals surface area contributed by atoms with Gasteiger partial charge in [-0.15, -0.1) is 0 Å². The number of H-pyrrole nitrogens is 1. The van der Waals surface area contributed by atoms with Crippen molar-refractivity contribution in [3.05, 3.63) is 17.5 Å². The average Bonchev–Trinajstić information content (AvgIpc) is 2.86. The Kier molecular flexibility index (Phi) is 3.69. The maximum atomic E-state index is 4.19. The first-order valence-electron chi connectivity index (χ1n) is 7.58. The van der Waals surface area contributed by atoms with Gasteiger partial charge in [-0.3, -0.25) is 10.00 Å². The molecule has 3 heteroatoms. The Hall–Kier alpha value is -0.830. The molecule has 2 aliphatic rings. The number of aromatic amines is 1. The van der Waals surface area contributed by atoms with E-state index in [-0.39, 0.29) is 0 Å². The minimum absolute atomic E-state index is 0.683. The Bertz CT molecular complexity index is 379. The number of aryl methyl sites for hydroxylation is 1. The molecule has 1 saturated heterocycles. The lowest BCUT2D eigenvalue weighted by Crippen LogP contribution is -2.43. The summed E-state index contributed by atoms with van der Waals surface area (Å²) in [6.45, 7) is 4.74. The van der Waals surface area contributed by atoms with Crippen LogP contribution in [0.4, 0.5) is 0 Å². The van der Waals surface area contributed by atoms with E-state index in [9.17, 15) is 0 Å². The number of aromatic nitrogens is 2. The van der Waals surface area contributed by atoms with E-state index in [2.05, 4.69) is 22.0 Å². The van der Waals surface area contributed by atoms with E-state index >= 15 is 0 Å². The van der Waals surface area contributed by atoms with Crippen molar-refractivity contribution < 1.29 is 0 Å². The first-order chi connectivity index (χ1) is 8.84. The molecule has 1 atom stereocenters. The van der Waals surface area contributed by atoms with E-state index < -0.39 is 0 Å². The van der Waals surface area contributed by atoms with Crippen molar-refractivity contribution >= 4 is 0 Å². The van der Waals surface area contributed by atoms with Crippen molar-refractivity contribution in [3.63, 3.8) is 0 Å². The minimum Gasteiger partial charge on any atom is -0.300 e. The van der Waals surface area contributed by atoms with Gasteiger partial charge in [0.1, 0.15) is 0 Å². The fourth-order valence-corrected chi connectivity index (χ4v) is 3.79. The van der Waals surface area contributed by atoms with Crippen LogP contribution in [0.3, 0.4) is 0 Å². The quantitative estimate of drug-likeness (QED) is 0.870. The second-order valence-electron chi connectivity index (χ2n) is 6.09. The first kappa shape index (κ1) is 12.2. The maximum Gasteiger partial charge on any atom is 0.0519 e. The lowest BCUT2D eigenvalue weighted by Gasteiger charge is -2.40. The summed E-state index contributed by atoms with van der Waals surface area (Å²) in [6, 6.07) is 0.866. The van der Waals surface area contributed by atoms with Crippen molar-refractivity contribution in [2.75, 3.05) is 13.1 Å². The zero-order valence-electron chi connectivity index (χ0n) is 11.5. The van der Waals surface area contributed by atoms with Gasteiger partial charge >= 0.3 is 0 Å². The van der Waals surface area contributed by atoms with E-state index in [1.54, 1.807) is 0 Å². The third-order valence-corrected chi connectivity index (χ3v) is 4.82. The zero-order chi connectivity index (χ0) is 12.4. The van der Waals surface area contributed by atoms with E-state index in [0.717, 1.165) is 6.04 Å². The van der Waals surface area contributed by atoms with E-state index in [1.807, 2.05) is 6.20 Å². The summed E-state index contributed by atoms with van der Waals surface area (Å²) in [7, 11) is 0. The van der Waals surface area contributed by atoms with Crippen LogP contribution >= 0.6 is 0 Å². The summed E-state index contributed by atoms with van der Waals surface area (Å²) in [5, 5.41) is 7.41. The van der Waals surface area contributed by atoms with E-state index in [4.69, 9.17) is 0 Å². The predicted octanol–water partition coefficient (Wildman–Crippen LogP) is 3.23. The van der Waals surface area contributed by atoms with Crippen LogP contribution < -0.4 is 0 Å². The van der Waals surface area contributed by atoms with Gasteiger partial charge in [-0.1, -0.05) is 19.3 Å². The van der Waals surface area contributed by atoms with Crippen LogP contribution in [-0.2, 0) is 0 Å². The molecule has 18 heavy (non-hydrogen) atoms. The predicted molar refractivity (Wildman–Crippen MR) is 73.7 cm³/mol. The number of hydrogen-bond acceptors (Lipinski definition) is 2. The average molecular weight is 247 g/mol. The Labute approximate surface area is 110 Å². The van der Waals surface area contributed by atoms with E-state index in [1.165, 1.54) is 69.3 Å². The second kappa shape index (κ2) is 5.43. The lowest BCUT2D eigenvalue weighted by molar-refractivity contribution is 0.117. The largest absolute Gasteiger partial charge is 0.300 e. The molecule has 0 radical (unpaired) electrons. The van der Waals surface area contributed by atoms with Crippen LogP contribution in [0.1, 0.15) is 62.1 Å². The van der Waals surface area contributed by atoms with Gasteiger partial charge in [0.25, 0.3) is 0 Å². The molecule has 2 fully saturated rings. The van der Waals surface area contributed by atoms with Gasteiger partial charge in [0.2, 0.25) is 0 Å². The Morgan fingerprint density at radius 2 is 2.00 bits per heavy atom. The van der Waals surface area contributed by atoms with Crippen LogP contribution in [0, 0.1) is 6.92 Å². The summed E-state index contributed by atoms with van der Waals surface area (Å²) >= 11 is 0. The molecule has 0 aromatic carbocycles. The van der Waals surface area contributed by atoms with Crippen LogP contribution in [0.15, 0.2) is 6.20 Å². The van der Waals surface area contributed by atoms with Crippen molar-refractivity contribution in [1.29, 1.82) is 0 Å². The molecular weight excluding hydrogens is 222 g/mol. The number of piperidine rings is 1. The molecule has 3 nitrogen and oxygen atoms in total. The third kappa shape index (κ3) is 2.46. The van der Waals surface area contributed by atoms with Crippen molar-refractivity contribution in [2.45, 2.75) is 63.8 Å². The van der Waals surface area contributed by atoms with Crippen LogP contribution in [0.25, 0.3) is 0 Å². The minimum atomic E-state index is 0.683. The molecule has 1 N–H and O–H groups in total.